The van der Waals surface area contributed by atoms with E-state index in [1.807, 2.05) is 0 Å². The Hall–Kier alpha value is -1.13. The Kier molecular flexibility index (Phi) is 3.08. The van der Waals surface area contributed by atoms with Crippen LogP contribution in [0.15, 0.2) is 12.1 Å². The van der Waals surface area contributed by atoms with Crippen molar-refractivity contribution in [2.45, 2.75) is 13.0 Å². The molecule has 1 aromatic rings. The van der Waals surface area contributed by atoms with Crippen molar-refractivity contribution in [3.05, 3.63) is 34.1 Å². The van der Waals surface area contributed by atoms with E-state index in [2.05, 4.69) is 0 Å². The van der Waals surface area contributed by atoms with E-state index in [-0.39, 0.29) is 5.02 Å². The first-order valence-electron chi connectivity index (χ1n) is 3.87. The molecule has 0 amide bonds. The molecule has 0 aliphatic rings. The molecular formula is C9H9ClFNO2. The molecule has 1 aromatic carbocycles. The number of halogens is 2. The van der Waals surface area contributed by atoms with Crippen LogP contribution < -0.4 is 5.73 Å². The molecule has 0 saturated heterocycles. The fourth-order valence-electron chi connectivity index (χ4n) is 1.13. The number of hydrogen-bond acceptors (Lipinski definition) is 2. The fraction of sp³-hybridized carbons (Fsp3) is 0.222. The number of rotatable bonds is 2. The molecular weight excluding hydrogens is 209 g/mol. The molecule has 0 bridgehead atoms. The monoisotopic (exact) mass is 217 g/mol. The Morgan fingerprint density at radius 3 is 2.71 bits per heavy atom. The first kappa shape index (κ1) is 10.9. The molecule has 0 saturated carbocycles. The summed E-state index contributed by atoms with van der Waals surface area (Å²) in [5, 5.41) is 8.54. The first-order chi connectivity index (χ1) is 6.43. The van der Waals surface area contributed by atoms with Gasteiger partial charge in [0.15, 0.2) is 0 Å². The molecule has 0 heterocycles. The Balaban J connectivity index is 3.22. The standard InChI is InChI=1S/C9H9ClFNO2/c1-4-2-7(11)6(10)3-5(4)8(12)9(13)14/h2-3,8H,12H2,1H3,(H,13,14). The SMILES string of the molecule is Cc1cc(F)c(Cl)cc1C(N)C(=O)O. The van der Waals surface area contributed by atoms with Gasteiger partial charge in [0.2, 0.25) is 0 Å². The van der Waals surface area contributed by atoms with Crippen molar-refractivity contribution in [1.29, 1.82) is 0 Å². The lowest BCUT2D eigenvalue weighted by atomic mass is 10.0. The third kappa shape index (κ3) is 2.02. The number of carbonyl (C=O) groups is 1. The lowest BCUT2D eigenvalue weighted by Gasteiger charge is -2.10. The molecule has 0 aromatic heterocycles. The lowest BCUT2D eigenvalue weighted by molar-refractivity contribution is -0.138. The highest BCUT2D eigenvalue weighted by Crippen LogP contribution is 2.23. The third-order valence-electron chi connectivity index (χ3n) is 1.91. The summed E-state index contributed by atoms with van der Waals surface area (Å²) in [5.74, 6) is -1.75. The second-order valence-electron chi connectivity index (χ2n) is 2.94. The van der Waals surface area contributed by atoms with Crippen molar-refractivity contribution in [1.82, 2.24) is 0 Å². The van der Waals surface area contributed by atoms with Crippen LogP contribution in [-0.2, 0) is 4.79 Å². The minimum Gasteiger partial charge on any atom is -0.480 e. The van der Waals surface area contributed by atoms with E-state index >= 15 is 0 Å². The van der Waals surface area contributed by atoms with Gasteiger partial charge in [-0.3, -0.25) is 4.79 Å². The third-order valence-corrected chi connectivity index (χ3v) is 2.20. The maximum Gasteiger partial charge on any atom is 0.325 e. The van der Waals surface area contributed by atoms with Crippen LogP contribution in [0.4, 0.5) is 4.39 Å². The largest absolute Gasteiger partial charge is 0.480 e. The summed E-state index contributed by atoms with van der Waals surface area (Å²) in [6, 6.07) is 1.24. The molecule has 3 N–H and O–H groups in total. The number of carboxylic acids is 1. The van der Waals surface area contributed by atoms with Gasteiger partial charge in [0.25, 0.3) is 0 Å². The molecule has 1 unspecified atom stereocenters. The number of carboxylic acid groups (broad SMARTS) is 1. The van der Waals surface area contributed by atoms with Crippen LogP contribution in [0.1, 0.15) is 17.2 Å². The highest BCUT2D eigenvalue weighted by Gasteiger charge is 2.18. The summed E-state index contributed by atoms with van der Waals surface area (Å²) in [5.41, 5.74) is 6.17. The van der Waals surface area contributed by atoms with Gasteiger partial charge < -0.3 is 10.8 Å². The molecule has 0 aliphatic carbocycles. The maximum atomic E-state index is 12.9. The molecule has 5 heteroatoms. The topological polar surface area (TPSA) is 63.3 Å². The van der Waals surface area contributed by atoms with Crippen LogP contribution in [0.5, 0.6) is 0 Å². The number of hydrogen-bond donors (Lipinski definition) is 2. The number of aliphatic carboxylic acids is 1. The van der Waals surface area contributed by atoms with Gasteiger partial charge in [0.1, 0.15) is 11.9 Å². The zero-order valence-corrected chi connectivity index (χ0v) is 8.18. The quantitative estimate of drug-likeness (QED) is 0.795. The Morgan fingerprint density at radius 1 is 1.64 bits per heavy atom. The zero-order chi connectivity index (χ0) is 10.9. The summed E-state index contributed by atoms with van der Waals surface area (Å²) in [7, 11) is 0. The van der Waals surface area contributed by atoms with Gasteiger partial charge in [0, 0.05) is 0 Å². The Bertz CT molecular complexity index is 381. The highest BCUT2D eigenvalue weighted by atomic mass is 35.5. The van der Waals surface area contributed by atoms with Gasteiger partial charge in [-0.05, 0) is 30.2 Å². The van der Waals surface area contributed by atoms with Crippen LogP contribution in [-0.4, -0.2) is 11.1 Å². The first-order valence-corrected chi connectivity index (χ1v) is 4.25. The summed E-state index contributed by atoms with van der Waals surface area (Å²) >= 11 is 5.51. The van der Waals surface area contributed by atoms with E-state index in [0.29, 0.717) is 11.1 Å². The second kappa shape index (κ2) is 3.94. The molecule has 1 atom stereocenters. The maximum absolute atomic E-state index is 12.9. The minimum absolute atomic E-state index is 0.123. The Labute approximate surface area is 85.3 Å². The van der Waals surface area contributed by atoms with Gasteiger partial charge in [-0.2, -0.15) is 0 Å². The van der Waals surface area contributed by atoms with Crippen LogP contribution in [0.25, 0.3) is 0 Å². The summed E-state index contributed by atoms with van der Waals surface area (Å²) in [6.07, 6.45) is 0. The highest BCUT2D eigenvalue weighted by molar-refractivity contribution is 6.30. The van der Waals surface area contributed by atoms with Gasteiger partial charge in [-0.25, -0.2) is 4.39 Å². The van der Waals surface area contributed by atoms with Crippen molar-refractivity contribution in [2.24, 2.45) is 5.73 Å². The van der Waals surface area contributed by atoms with Crippen molar-refractivity contribution in [3.63, 3.8) is 0 Å². The van der Waals surface area contributed by atoms with E-state index in [0.717, 1.165) is 0 Å². The molecule has 3 nitrogen and oxygen atoms in total. The summed E-state index contributed by atoms with van der Waals surface area (Å²) in [4.78, 5) is 10.6. The van der Waals surface area contributed by atoms with Crippen LogP contribution >= 0.6 is 11.6 Å². The van der Waals surface area contributed by atoms with E-state index < -0.39 is 17.8 Å². The van der Waals surface area contributed by atoms with Crippen LogP contribution in [0.2, 0.25) is 5.02 Å². The lowest BCUT2D eigenvalue weighted by Crippen LogP contribution is -2.21. The molecule has 76 valence electrons. The fourth-order valence-corrected chi connectivity index (χ4v) is 1.30. The van der Waals surface area contributed by atoms with Gasteiger partial charge in [-0.1, -0.05) is 11.6 Å². The predicted octanol–water partition coefficient (Wildman–Crippen LogP) is 1.87. The zero-order valence-electron chi connectivity index (χ0n) is 7.42. The number of benzene rings is 1. The van der Waals surface area contributed by atoms with Crippen molar-refractivity contribution in [2.75, 3.05) is 0 Å². The number of nitrogens with two attached hydrogens (primary N) is 1. The molecule has 0 radical (unpaired) electrons. The van der Waals surface area contributed by atoms with Gasteiger partial charge >= 0.3 is 5.97 Å². The summed E-state index contributed by atoms with van der Waals surface area (Å²) in [6.45, 7) is 1.58. The van der Waals surface area contributed by atoms with Crippen molar-refractivity contribution in [3.8, 4) is 0 Å². The van der Waals surface area contributed by atoms with Crippen LogP contribution in [0, 0.1) is 12.7 Å². The average molecular weight is 218 g/mol. The Morgan fingerprint density at radius 2 is 2.21 bits per heavy atom. The molecule has 14 heavy (non-hydrogen) atoms. The smallest absolute Gasteiger partial charge is 0.325 e. The van der Waals surface area contributed by atoms with Gasteiger partial charge in [0.05, 0.1) is 5.02 Å². The van der Waals surface area contributed by atoms with Crippen molar-refractivity contribution >= 4 is 17.6 Å². The van der Waals surface area contributed by atoms with Gasteiger partial charge in [-0.15, -0.1) is 0 Å². The van der Waals surface area contributed by atoms with E-state index in [9.17, 15) is 9.18 Å². The normalized spacial score (nSPS) is 12.6. The molecule has 0 aliphatic heterocycles. The number of aryl methyl sites for hydroxylation is 1. The van der Waals surface area contributed by atoms with Crippen molar-refractivity contribution < 1.29 is 14.3 Å². The average Bonchev–Trinajstić information content (AvgIpc) is 2.10. The summed E-state index contributed by atoms with van der Waals surface area (Å²) < 4.78 is 12.9. The molecule has 0 spiro atoms. The predicted molar refractivity (Wildman–Crippen MR) is 50.7 cm³/mol. The minimum atomic E-state index is -1.17. The second-order valence-corrected chi connectivity index (χ2v) is 3.35. The van der Waals surface area contributed by atoms with Crippen LogP contribution in [0.3, 0.4) is 0 Å². The molecule has 1 rings (SSSR count). The van der Waals surface area contributed by atoms with E-state index in [1.54, 1.807) is 6.92 Å². The van der Waals surface area contributed by atoms with E-state index in [1.165, 1.54) is 12.1 Å². The van der Waals surface area contributed by atoms with E-state index in [4.69, 9.17) is 22.4 Å². The molecule has 0 fully saturated rings.